The molecule has 0 saturated heterocycles. The summed E-state index contributed by atoms with van der Waals surface area (Å²) in [7, 11) is 0. The van der Waals surface area contributed by atoms with Crippen LogP contribution in [0.4, 0.5) is 0 Å². The Morgan fingerprint density at radius 3 is 2.77 bits per heavy atom. The molecule has 5 nitrogen and oxygen atoms in total. The van der Waals surface area contributed by atoms with Gasteiger partial charge in [-0.05, 0) is 19.9 Å². The van der Waals surface area contributed by atoms with Gasteiger partial charge in [0.25, 0.3) is 0 Å². The van der Waals surface area contributed by atoms with Crippen molar-refractivity contribution in [3.8, 4) is 10.6 Å². The van der Waals surface area contributed by atoms with Crippen LogP contribution in [0.15, 0.2) is 29.6 Å². The van der Waals surface area contributed by atoms with Crippen molar-refractivity contribution < 1.29 is 9.59 Å². The maximum atomic E-state index is 11.8. The van der Waals surface area contributed by atoms with Crippen molar-refractivity contribution in [2.45, 2.75) is 20.3 Å². The molecule has 0 spiro atoms. The first-order valence-electron chi connectivity index (χ1n) is 7.13. The van der Waals surface area contributed by atoms with E-state index in [0.717, 1.165) is 16.3 Å². The number of nitrogens with zero attached hydrogens (tertiary/aromatic N) is 1. The Balaban J connectivity index is 1.92. The summed E-state index contributed by atoms with van der Waals surface area (Å²) in [5.41, 5.74) is 2.95. The molecule has 2 N–H and O–H groups in total. The molecule has 0 atom stereocenters. The molecule has 116 valence electrons. The van der Waals surface area contributed by atoms with Crippen LogP contribution in [0.2, 0.25) is 0 Å². The SMILES string of the molecule is CCNC(=O)CNC(=O)Cc1csc(-c2cccc(C)c2)n1. The van der Waals surface area contributed by atoms with Gasteiger partial charge in [0, 0.05) is 17.5 Å². The van der Waals surface area contributed by atoms with E-state index in [1.807, 2.05) is 37.4 Å². The average Bonchev–Trinajstić information content (AvgIpc) is 2.94. The second-order valence-corrected chi connectivity index (χ2v) is 5.78. The van der Waals surface area contributed by atoms with Gasteiger partial charge in [0.15, 0.2) is 0 Å². The molecule has 2 rings (SSSR count). The molecule has 0 fully saturated rings. The van der Waals surface area contributed by atoms with Crippen molar-refractivity contribution >= 4 is 23.2 Å². The second-order valence-electron chi connectivity index (χ2n) is 4.92. The van der Waals surface area contributed by atoms with Gasteiger partial charge in [0.2, 0.25) is 11.8 Å². The van der Waals surface area contributed by atoms with E-state index in [0.29, 0.717) is 6.54 Å². The Labute approximate surface area is 133 Å². The van der Waals surface area contributed by atoms with Crippen molar-refractivity contribution in [3.63, 3.8) is 0 Å². The van der Waals surface area contributed by atoms with Crippen molar-refractivity contribution in [2.75, 3.05) is 13.1 Å². The molecule has 0 saturated carbocycles. The topological polar surface area (TPSA) is 71.1 Å². The van der Waals surface area contributed by atoms with Gasteiger partial charge >= 0.3 is 0 Å². The van der Waals surface area contributed by atoms with Crippen molar-refractivity contribution in [1.29, 1.82) is 0 Å². The average molecular weight is 317 g/mol. The first-order valence-corrected chi connectivity index (χ1v) is 8.01. The Hall–Kier alpha value is -2.21. The maximum Gasteiger partial charge on any atom is 0.239 e. The zero-order valence-corrected chi connectivity index (χ0v) is 13.5. The van der Waals surface area contributed by atoms with E-state index in [1.54, 1.807) is 0 Å². The number of carbonyl (C=O) groups is 2. The third-order valence-electron chi connectivity index (χ3n) is 2.98. The summed E-state index contributed by atoms with van der Waals surface area (Å²) in [5, 5.41) is 7.99. The Bertz CT molecular complexity index is 667. The summed E-state index contributed by atoms with van der Waals surface area (Å²) in [4.78, 5) is 27.6. The number of aromatic nitrogens is 1. The van der Waals surface area contributed by atoms with Crippen LogP contribution >= 0.6 is 11.3 Å². The summed E-state index contributed by atoms with van der Waals surface area (Å²) in [6.45, 7) is 4.43. The number of likely N-dealkylation sites (N-methyl/N-ethyl adjacent to an activating group) is 1. The van der Waals surface area contributed by atoms with Crippen molar-refractivity contribution in [2.24, 2.45) is 0 Å². The quantitative estimate of drug-likeness (QED) is 0.855. The Morgan fingerprint density at radius 2 is 2.05 bits per heavy atom. The predicted molar refractivity (Wildman–Crippen MR) is 87.7 cm³/mol. The van der Waals surface area contributed by atoms with Crippen molar-refractivity contribution in [1.82, 2.24) is 15.6 Å². The highest BCUT2D eigenvalue weighted by Gasteiger charge is 2.10. The normalized spacial score (nSPS) is 10.3. The molecule has 1 heterocycles. The van der Waals surface area contributed by atoms with Crippen LogP contribution < -0.4 is 10.6 Å². The standard InChI is InChI=1S/C16H19N3O2S/c1-3-17-15(21)9-18-14(20)8-13-10-22-16(19-13)12-6-4-5-11(2)7-12/h4-7,10H,3,8-9H2,1-2H3,(H,17,21)(H,18,20). The molecule has 0 aliphatic rings. The van der Waals surface area contributed by atoms with E-state index < -0.39 is 0 Å². The van der Waals surface area contributed by atoms with Gasteiger partial charge in [0.05, 0.1) is 18.7 Å². The number of aryl methyl sites for hydroxylation is 1. The number of nitrogens with one attached hydrogen (secondary N) is 2. The molecule has 2 aromatic rings. The highest BCUT2D eigenvalue weighted by molar-refractivity contribution is 7.13. The fourth-order valence-corrected chi connectivity index (χ4v) is 2.78. The number of rotatable bonds is 6. The van der Waals surface area contributed by atoms with E-state index >= 15 is 0 Å². The van der Waals surface area contributed by atoms with Crippen LogP contribution in [-0.2, 0) is 16.0 Å². The summed E-state index contributed by atoms with van der Waals surface area (Å²) in [5.74, 6) is -0.387. The molecule has 0 aliphatic carbocycles. The van der Waals surface area contributed by atoms with E-state index in [-0.39, 0.29) is 24.8 Å². The second kappa shape index (κ2) is 7.70. The maximum absolute atomic E-state index is 11.8. The first-order chi connectivity index (χ1) is 10.6. The molecule has 0 radical (unpaired) electrons. The van der Waals surface area contributed by atoms with Gasteiger partial charge in [-0.25, -0.2) is 4.98 Å². The molecule has 0 unspecified atom stereocenters. The van der Waals surface area contributed by atoms with Gasteiger partial charge in [-0.2, -0.15) is 0 Å². The molecule has 0 bridgehead atoms. The minimum Gasteiger partial charge on any atom is -0.355 e. The lowest BCUT2D eigenvalue weighted by molar-refractivity contribution is -0.125. The minimum atomic E-state index is -0.202. The molecule has 22 heavy (non-hydrogen) atoms. The van der Waals surface area contributed by atoms with E-state index in [4.69, 9.17) is 0 Å². The van der Waals surface area contributed by atoms with Crippen LogP contribution in [0.3, 0.4) is 0 Å². The summed E-state index contributed by atoms with van der Waals surface area (Å²) in [6.07, 6.45) is 0.182. The van der Waals surface area contributed by atoms with Crippen LogP contribution in [0, 0.1) is 6.92 Å². The predicted octanol–water partition coefficient (Wildman–Crippen LogP) is 1.91. The lowest BCUT2D eigenvalue weighted by Gasteiger charge is -2.04. The zero-order valence-electron chi connectivity index (χ0n) is 12.7. The highest BCUT2D eigenvalue weighted by atomic mass is 32.1. The Morgan fingerprint density at radius 1 is 1.23 bits per heavy atom. The summed E-state index contributed by atoms with van der Waals surface area (Å²) in [6, 6.07) is 8.10. The summed E-state index contributed by atoms with van der Waals surface area (Å²) < 4.78 is 0. The number of thiazole rings is 1. The fraction of sp³-hybridized carbons (Fsp3) is 0.312. The van der Waals surface area contributed by atoms with Crippen LogP contribution in [0.5, 0.6) is 0 Å². The lowest BCUT2D eigenvalue weighted by atomic mass is 10.1. The molecular weight excluding hydrogens is 298 g/mol. The highest BCUT2D eigenvalue weighted by Crippen LogP contribution is 2.24. The van der Waals surface area contributed by atoms with E-state index in [1.165, 1.54) is 16.9 Å². The molecule has 2 amide bonds. The third kappa shape index (κ3) is 4.66. The molecule has 6 heteroatoms. The van der Waals surface area contributed by atoms with Gasteiger partial charge in [-0.1, -0.05) is 23.8 Å². The third-order valence-corrected chi connectivity index (χ3v) is 3.92. The van der Waals surface area contributed by atoms with Crippen LogP contribution in [-0.4, -0.2) is 29.9 Å². The van der Waals surface area contributed by atoms with Crippen LogP contribution in [0.1, 0.15) is 18.2 Å². The van der Waals surface area contributed by atoms with Gasteiger partial charge in [-0.3, -0.25) is 9.59 Å². The van der Waals surface area contributed by atoms with Crippen LogP contribution in [0.25, 0.3) is 10.6 Å². The zero-order chi connectivity index (χ0) is 15.9. The van der Waals surface area contributed by atoms with Gasteiger partial charge in [-0.15, -0.1) is 11.3 Å². The smallest absolute Gasteiger partial charge is 0.239 e. The van der Waals surface area contributed by atoms with E-state index in [9.17, 15) is 9.59 Å². The van der Waals surface area contributed by atoms with Gasteiger partial charge < -0.3 is 10.6 Å². The first kappa shape index (κ1) is 16.2. The number of carbonyl (C=O) groups excluding carboxylic acids is 2. The summed E-state index contributed by atoms with van der Waals surface area (Å²) >= 11 is 1.52. The molecule has 0 aliphatic heterocycles. The number of hydrogen-bond donors (Lipinski definition) is 2. The largest absolute Gasteiger partial charge is 0.355 e. The lowest BCUT2D eigenvalue weighted by Crippen LogP contribution is -2.37. The number of amides is 2. The molecular formula is C16H19N3O2S. The van der Waals surface area contributed by atoms with Gasteiger partial charge in [0.1, 0.15) is 5.01 Å². The Kier molecular flexibility index (Phi) is 5.66. The van der Waals surface area contributed by atoms with E-state index in [2.05, 4.69) is 21.7 Å². The minimum absolute atomic E-state index is 0.00154. The number of benzene rings is 1. The number of hydrogen-bond acceptors (Lipinski definition) is 4. The molecule has 1 aromatic carbocycles. The monoisotopic (exact) mass is 317 g/mol. The molecule has 1 aromatic heterocycles. The fourth-order valence-electron chi connectivity index (χ4n) is 1.96. The van der Waals surface area contributed by atoms with Crippen molar-refractivity contribution in [3.05, 3.63) is 40.9 Å².